The maximum atomic E-state index is 13.8. The predicted octanol–water partition coefficient (Wildman–Crippen LogP) is 4.47. The van der Waals surface area contributed by atoms with Crippen LogP contribution in [-0.2, 0) is 6.54 Å². The number of hydrogen-bond acceptors (Lipinski definition) is 4. The van der Waals surface area contributed by atoms with Gasteiger partial charge in [-0.15, -0.1) is 0 Å². The van der Waals surface area contributed by atoms with Gasteiger partial charge in [-0.2, -0.15) is 4.98 Å². The first-order chi connectivity index (χ1) is 13.7. The highest BCUT2D eigenvalue weighted by Gasteiger charge is 2.14. The molecule has 1 amide bonds. The molecular weight excluding hydrogens is 357 g/mol. The Bertz CT molecular complexity index is 1110. The smallest absolute Gasteiger partial charge is 0.251 e. The SMILES string of the molecule is O=C(NCc1nc(-c2ccccc2F)no1)c1cccc(-c2ccccc2)c1. The van der Waals surface area contributed by atoms with Crippen molar-refractivity contribution in [2.45, 2.75) is 6.54 Å². The highest BCUT2D eigenvalue weighted by Crippen LogP contribution is 2.21. The normalized spacial score (nSPS) is 10.6. The van der Waals surface area contributed by atoms with Gasteiger partial charge in [-0.3, -0.25) is 4.79 Å². The van der Waals surface area contributed by atoms with Gasteiger partial charge in [0.25, 0.3) is 5.91 Å². The largest absolute Gasteiger partial charge is 0.343 e. The van der Waals surface area contributed by atoms with Gasteiger partial charge in [0.2, 0.25) is 11.7 Å². The van der Waals surface area contributed by atoms with E-state index < -0.39 is 5.82 Å². The Morgan fingerprint density at radius 1 is 0.929 bits per heavy atom. The summed E-state index contributed by atoms with van der Waals surface area (Å²) in [7, 11) is 0. The molecule has 0 spiro atoms. The molecule has 0 aliphatic carbocycles. The molecule has 0 aliphatic rings. The van der Waals surface area contributed by atoms with Crippen molar-refractivity contribution in [2.75, 3.05) is 0 Å². The first-order valence-electron chi connectivity index (χ1n) is 8.72. The zero-order valence-corrected chi connectivity index (χ0v) is 14.8. The molecule has 138 valence electrons. The lowest BCUT2D eigenvalue weighted by Gasteiger charge is -2.06. The van der Waals surface area contributed by atoms with Crippen molar-refractivity contribution < 1.29 is 13.7 Å². The third-order valence-electron chi connectivity index (χ3n) is 4.21. The van der Waals surface area contributed by atoms with Gasteiger partial charge in [-0.25, -0.2) is 4.39 Å². The zero-order chi connectivity index (χ0) is 19.3. The van der Waals surface area contributed by atoms with Crippen LogP contribution in [0.2, 0.25) is 0 Å². The Morgan fingerprint density at radius 2 is 1.68 bits per heavy atom. The molecule has 0 fully saturated rings. The molecule has 0 radical (unpaired) electrons. The lowest BCUT2D eigenvalue weighted by atomic mass is 10.0. The van der Waals surface area contributed by atoms with E-state index in [0.29, 0.717) is 5.56 Å². The molecular formula is C22H16FN3O2. The molecule has 6 heteroatoms. The number of nitrogens with zero attached hydrogens (tertiary/aromatic N) is 2. The highest BCUT2D eigenvalue weighted by molar-refractivity contribution is 5.95. The average Bonchev–Trinajstić information content (AvgIpc) is 3.22. The molecule has 0 aliphatic heterocycles. The Hall–Kier alpha value is -3.80. The van der Waals surface area contributed by atoms with E-state index in [1.165, 1.54) is 6.07 Å². The summed E-state index contributed by atoms with van der Waals surface area (Å²) in [5.41, 5.74) is 2.76. The number of rotatable bonds is 5. The van der Waals surface area contributed by atoms with Crippen LogP contribution in [0.3, 0.4) is 0 Å². The van der Waals surface area contributed by atoms with Gasteiger partial charge < -0.3 is 9.84 Å². The van der Waals surface area contributed by atoms with E-state index in [2.05, 4.69) is 15.5 Å². The number of carbonyl (C=O) groups is 1. The molecule has 4 rings (SSSR count). The standard InChI is InChI=1S/C22H16FN3O2/c23-19-12-5-4-11-18(19)21-25-20(28-26-21)14-24-22(27)17-10-6-9-16(13-17)15-7-2-1-3-8-15/h1-13H,14H2,(H,24,27). The van der Waals surface area contributed by atoms with Gasteiger partial charge in [-0.05, 0) is 35.4 Å². The Morgan fingerprint density at radius 3 is 2.50 bits per heavy atom. The fraction of sp³-hybridized carbons (Fsp3) is 0.0455. The van der Waals surface area contributed by atoms with Crippen molar-refractivity contribution in [3.05, 3.63) is 96.1 Å². The minimum absolute atomic E-state index is 0.0514. The van der Waals surface area contributed by atoms with E-state index >= 15 is 0 Å². The lowest BCUT2D eigenvalue weighted by molar-refractivity contribution is 0.0946. The van der Waals surface area contributed by atoms with Gasteiger partial charge in [0.05, 0.1) is 12.1 Å². The van der Waals surface area contributed by atoms with Crippen molar-refractivity contribution in [1.29, 1.82) is 0 Å². The van der Waals surface area contributed by atoms with Gasteiger partial charge >= 0.3 is 0 Å². The van der Waals surface area contributed by atoms with Crippen LogP contribution in [0, 0.1) is 5.82 Å². The van der Waals surface area contributed by atoms with Crippen molar-refractivity contribution in [3.8, 4) is 22.5 Å². The van der Waals surface area contributed by atoms with Crippen LogP contribution in [0.1, 0.15) is 16.2 Å². The van der Waals surface area contributed by atoms with E-state index in [0.717, 1.165) is 11.1 Å². The molecule has 0 atom stereocenters. The summed E-state index contributed by atoms with van der Waals surface area (Å²) in [5, 5.41) is 6.52. The number of aromatic nitrogens is 2. The molecule has 0 saturated carbocycles. The third-order valence-corrected chi connectivity index (χ3v) is 4.21. The lowest BCUT2D eigenvalue weighted by Crippen LogP contribution is -2.22. The highest BCUT2D eigenvalue weighted by atomic mass is 19.1. The van der Waals surface area contributed by atoms with Crippen molar-refractivity contribution >= 4 is 5.91 Å². The second-order valence-electron chi connectivity index (χ2n) is 6.12. The predicted molar refractivity (Wildman–Crippen MR) is 103 cm³/mol. The van der Waals surface area contributed by atoms with E-state index in [-0.39, 0.29) is 29.7 Å². The summed E-state index contributed by atoms with van der Waals surface area (Å²) in [5.74, 6) is -0.348. The third kappa shape index (κ3) is 3.81. The van der Waals surface area contributed by atoms with E-state index in [4.69, 9.17) is 4.52 Å². The second-order valence-corrected chi connectivity index (χ2v) is 6.12. The van der Waals surface area contributed by atoms with Crippen molar-refractivity contribution in [3.63, 3.8) is 0 Å². The van der Waals surface area contributed by atoms with E-state index in [9.17, 15) is 9.18 Å². The molecule has 1 aromatic heterocycles. The van der Waals surface area contributed by atoms with Crippen molar-refractivity contribution in [1.82, 2.24) is 15.5 Å². The van der Waals surface area contributed by atoms with Gasteiger partial charge in [0.15, 0.2) is 0 Å². The number of nitrogens with one attached hydrogen (secondary N) is 1. The van der Waals surface area contributed by atoms with Crippen LogP contribution in [0.5, 0.6) is 0 Å². The van der Waals surface area contributed by atoms with Crippen LogP contribution in [0.4, 0.5) is 4.39 Å². The Balaban J connectivity index is 1.45. The van der Waals surface area contributed by atoms with Gasteiger partial charge in [-0.1, -0.05) is 59.8 Å². The first kappa shape index (κ1) is 17.6. The maximum Gasteiger partial charge on any atom is 0.251 e. The molecule has 0 bridgehead atoms. The first-order valence-corrected chi connectivity index (χ1v) is 8.72. The van der Waals surface area contributed by atoms with Crippen molar-refractivity contribution in [2.24, 2.45) is 0 Å². The quantitative estimate of drug-likeness (QED) is 0.560. The summed E-state index contributed by atoms with van der Waals surface area (Å²) < 4.78 is 18.9. The molecule has 0 unspecified atom stereocenters. The maximum absolute atomic E-state index is 13.8. The number of hydrogen-bond donors (Lipinski definition) is 1. The summed E-state index contributed by atoms with van der Waals surface area (Å²) in [6.07, 6.45) is 0. The number of carbonyl (C=O) groups excluding carboxylic acids is 1. The van der Waals surface area contributed by atoms with E-state index in [1.54, 1.807) is 24.3 Å². The summed E-state index contributed by atoms with van der Waals surface area (Å²) in [6.45, 7) is 0.0514. The molecule has 4 aromatic rings. The molecule has 3 aromatic carbocycles. The fourth-order valence-electron chi connectivity index (χ4n) is 2.81. The molecule has 0 saturated heterocycles. The van der Waals surface area contributed by atoms with Gasteiger partial charge in [0, 0.05) is 5.56 Å². The number of amides is 1. The number of halogens is 1. The second kappa shape index (κ2) is 7.84. The number of benzene rings is 3. The average molecular weight is 373 g/mol. The Labute approximate surface area is 160 Å². The Kier molecular flexibility index (Phi) is 4.93. The molecule has 28 heavy (non-hydrogen) atoms. The topological polar surface area (TPSA) is 68.0 Å². The van der Waals surface area contributed by atoms with Crippen LogP contribution in [-0.4, -0.2) is 16.0 Å². The summed E-state index contributed by atoms with van der Waals surface area (Å²) in [6, 6.07) is 23.3. The van der Waals surface area contributed by atoms with Gasteiger partial charge in [0.1, 0.15) is 5.82 Å². The van der Waals surface area contributed by atoms with Crippen LogP contribution < -0.4 is 5.32 Å². The van der Waals surface area contributed by atoms with E-state index in [1.807, 2.05) is 48.5 Å². The minimum Gasteiger partial charge on any atom is -0.343 e. The molecule has 5 nitrogen and oxygen atoms in total. The van der Waals surface area contributed by atoms with Crippen LogP contribution in [0.15, 0.2) is 83.4 Å². The van der Waals surface area contributed by atoms with Crippen LogP contribution >= 0.6 is 0 Å². The summed E-state index contributed by atoms with van der Waals surface area (Å²) in [4.78, 5) is 16.6. The van der Waals surface area contributed by atoms with Crippen LogP contribution in [0.25, 0.3) is 22.5 Å². The monoisotopic (exact) mass is 373 g/mol. The minimum atomic E-state index is -0.434. The molecule has 1 N–H and O–H groups in total. The molecule has 1 heterocycles. The fourth-order valence-corrected chi connectivity index (χ4v) is 2.81. The zero-order valence-electron chi connectivity index (χ0n) is 14.8. The summed E-state index contributed by atoms with van der Waals surface area (Å²) >= 11 is 0.